The molecule has 2 atom stereocenters. The Hall–Kier alpha value is -0.970. The zero-order chi connectivity index (χ0) is 10.4. The van der Waals surface area contributed by atoms with Gasteiger partial charge in [-0.05, 0) is 12.5 Å². The number of aromatic nitrogens is 2. The molecule has 0 fully saturated rings. The van der Waals surface area contributed by atoms with Crippen molar-refractivity contribution in [2.75, 3.05) is 18.1 Å². The standard InChI is InChI=1S/C9H15N3OS/c1-8(14(2)13)3-6-11-9-4-5-10-7-12-9/h4-5,7-8H,3,6H2,1-2H3,(H,10,11,12). The summed E-state index contributed by atoms with van der Waals surface area (Å²) < 4.78 is 11.0. The Morgan fingerprint density at radius 2 is 2.43 bits per heavy atom. The summed E-state index contributed by atoms with van der Waals surface area (Å²) in [6.07, 6.45) is 5.81. The highest BCUT2D eigenvalue weighted by Gasteiger charge is 2.04. The third-order valence-electron chi connectivity index (χ3n) is 2.01. The molecule has 0 aliphatic heterocycles. The molecule has 0 bridgehead atoms. The van der Waals surface area contributed by atoms with E-state index in [4.69, 9.17) is 0 Å². The molecule has 1 aromatic rings. The van der Waals surface area contributed by atoms with Crippen molar-refractivity contribution in [3.05, 3.63) is 18.6 Å². The molecule has 78 valence electrons. The van der Waals surface area contributed by atoms with Crippen molar-refractivity contribution >= 4 is 16.6 Å². The second-order valence-corrected chi connectivity index (χ2v) is 4.92. The van der Waals surface area contributed by atoms with Crippen LogP contribution < -0.4 is 5.32 Å². The lowest BCUT2D eigenvalue weighted by Gasteiger charge is -2.08. The maximum Gasteiger partial charge on any atom is 0.129 e. The van der Waals surface area contributed by atoms with Crippen molar-refractivity contribution in [2.24, 2.45) is 0 Å². The molecular weight excluding hydrogens is 198 g/mol. The third-order valence-corrected chi connectivity index (χ3v) is 3.37. The van der Waals surface area contributed by atoms with Crippen molar-refractivity contribution in [3.63, 3.8) is 0 Å². The van der Waals surface area contributed by atoms with Gasteiger partial charge < -0.3 is 5.32 Å². The lowest BCUT2D eigenvalue weighted by Crippen LogP contribution is -2.15. The van der Waals surface area contributed by atoms with Crippen molar-refractivity contribution in [1.82, 2.24) is 9.97 Å². The Labute approximate surface area is 86.6 Å². The molecular formula is C9H15N3OS. The highest BCUT2D eigenvalue weighted by molar-refractivity contribution is 7.84. The van der Waals surface area contributed by atoms with E-state index in [9.17, 15) is 4.21 Å². The van der Waals surface area contributed by atoms with Gasteiger partial charge in [-0.15, -0.1) is 0 Å². The first-order chi connectivity index (χ1) is 6.70. The first kappa shape index (κ1) is 11.1. The van der Waals surface area contributed by atoms with Gasteiger partial charge in [-0.2, -0.15) is 0 Å². The lowest BCUT2D eigenvalue weighted by atomic mass is 10.3. The number of nitrogens with zero attached hydrogens (tertiary/aromatic N) is 2. The number of nitrogens with one attached hydrogen (secondary N) is 1. The molecule has 14 heavy (non-hydrogen) atoms. The van der Waals surface area contributed by atoms with Crippen LogP contribution in [0.4, 0.5) is 5.82 Å². The van der Waals surface area contributed by atoms with Crippen molar-refractivity contribution in [1.29, 1.82) is 0 Å². The van der Waals surface area contributed by atoms with Gasteiger partial charge in [0.2, 0.25) is 0 Å². The largest absolute Gasteiger partial charge is 0.370 e. The van der Waals surface area contributed by atoms with Gasteiger partial charge in [0.1, 0.15) is 12.1 Å². The second kappa shape index (κ2) is 5.70. The van der Waals surface area contributed by atoms with Crippen LogP contribution in [-0.4, -0.2) is 32.2 Å². The Bertz CT molecular complexity index is 291. The quantitative estimate of drug-likeness (QED) is 0.794. The molecule has 1 rings (SSSR count). The number of rotatable bonds is 5. The highest BCUT2D eigenvalue weighted by atomic mass is 32.2. The Morgan fingerprint density at radius 1 is 1.64 bits per heavy atom. The van der Waals surface area contributed by atoms with E-state index < -0.39 is 10.8 Å². The van der Waals surface area contributed by atoms with Crippen LogP contribution in [0.5, 0.6) is 0 Å². The van der Waals surface area contributed by atoms with E-state index in [0.29, 0.717) is 0 Å². The summed E-state index contributed by atoms with van der Waals surface area (Å²) >= 11 is 0. The Balaban J connectivity index is 2.26. The number of anilines is 1. The highest BCUT2D eigenvalue weighted by Crippen LogP contribution is 2.02. The van der Waals surface area contributed by atoms with Gasteiger partial charge in [0.05, 0.1) is 0 Å². The fraction of sp³-hybridized carbons (Fsp3) is 0.556. The average molecular weight is 213 g/mol. The number of hydrogen-bond acceptors (Lipinski definition) is 4. The molecule has 1 N–H and O–H groups in total. The Morgan fingerprint density at radius 3 is 3.00 bits per heavy atom. The molecule has 0 aliphatic carbocycles. The van der Waals surface area contributed by atoms with Crippen LogP contribution in [0.3, 0.4) is 0 Å². The molecule has 0 radical (unpaired) electrons. The van der Waals surface area contributed by atoms with E-state index in [1.807, 2.05) is 13.0 Å². The SMILES string of the molecule is CC(CCNc1ccncn1)S(C)=O. The average Bonchev–Trinajstić information content (AvgIpc) is 2.19. The monoisotopic (exact) mass is 213 g/mol. The minimum absolute atomic E-state index is 0.226. The molecule has 5 heteroatoms. The summed E-state index contributed by atoms with van der Waals surface area (Å²) in [6, 6.07) is 1.81. The van der Waals surface area contributed by atoms with Crippen LogP contribution in [0.25, 0.3) is 0 Å². The van der Waals surface area contributed by atoms with E-state index in [0.717, 1.165) is 18.8 Å². The van der Waals surface area contributed by atoms with Gasteiger partial charge in [-0.25, -0.2) is 9.97 Å². The van der Waals surface area contributed by atoms with Gasteiger partial charge >= 0.3 is 0 Å². The summed E-state index contributed by atoms with van der Waals surface area (Å²) in [5, 5.41) is 3.37. The van der Waals surface area contributed by atoms with Gasteiger partial charge in [-0.3, -0.25) is 4.21 Å². The van der Waals surface area contributed by atoms with E-state index in [1.54, 1.807) is 12.5 Å². The topological polar surface area (TPSA) is 54.9 Å². The van der Waals surface area contributed by atoms with E-state index in [-0.39, 0.29) is 5.25 Å². The zero-order valence-corrected chi connectivity index (χ0v) is 9.25. The molecule has 0 amide bonds. The molecule has 0 saturated carbocycles. The van der Waals surface area contributed by atoms with Gasteiger partial charge in [0.25, 0.3) is 0 Å². The summed E-state index contributed by atoms with van der Waals surface area (Å²) in [5.74, 6) is 0.814. The second-order valence-electron chi connectivity index (χ2n) is 3.12. The van der Waals surface area contributed by atoms with E-state index in [1.165, 1.54) is 6.33 Å². The van der Waals surface area contributed by atoms with Gasteiger partial charge in [0, 0.05) is 35.0 Å². The van der Waals surface area contributed by atoms with Crippen LogP contribution >= 0.6 is 0 Å². The van der Waals surface area contributed by atoms with Crippen LogP contribution in [-0.2, 0) is 10.8 Å². The van der Waals surface area contributed by atoms with Gasteiger partial charge in [-0.1, -0.05) is 6.92 Å². The molecule has 1 aromatic heterocycles. The molecule has 0 saturated heterocycles. The predicted molar refractivity (Wildman–Crippen MR) is 58.7 cm³/mol. The summed E-state index contributed by atoms with van der Waals surface area (Å²) in [7, 11) is -0.741. The van der Waals surface area contributed by atoms with Crippen LogP contribution in [0.2, 0.25) is 0 Å². The van der Waals surface area contributed by atoms with Crippen molar-refractivity contribution in [2.45, 2.75) is 18.6 Å². The van der Waals surface area contributed by atoms with Crippen molar-refractivity contribution < 1.29 is 4.21 Å². The van der Waals surface area contributed by atoms with Crippen LogP contribution in [0.15, 0.2) is 18.6 Å². The fourth-order valence-electron chi connectivity index (χ4n) is 0.965. The summed E-state index contributed by atoms with van der Waals surface area (Å²) in [5.41, 5.74) is 0. The van der Waals surface area contributed by atoms with E-state index in [2.05, 4.69) is 15.3 Å². The minimum Gasteiger partial charge on any atom is -0.370 e. The van der Waals surface area contributed by atoms with Gasteiger partial charge in [0.15, 0.2) is 0 Å². The first-order valence-corrected chi connectivity index (χ1v) is 6.14. The zero-order valence-electron chi connectivity index (χ0n) is 8.43. The first-order valence-electron chi connectivity index (χ1n) is 4.52. The Kier molecular flexibility index (Phi) is 4.52. The number of hydrogen-bond donors (Lipinski definition) is 1. The molecule has 2 unspecified atom stereocenters. The maximum absolute atomic E-state index is 11.0. The minimum atomic E-state index is -0.741. The van der Waals surface area contributed by atoms with E-state index >= 15 is 0 Å². The molecule has 0 spiro atoms. The van der Waals surface area contributed by atoms with Crippen LogP contribution in [0, 0.1) is 0 Å². The smallest absolute Gasteiger partial charge is 0.129 e. The molecule has 1 heterocycles. The normalized spacial score (nSPS) is 14.7. The van der Waals surface area contributed by atoms with Crippen LogP contribution in [0.1, 0.15) is 13.3 Å². The molecule has 4 nitrogen and oxygen atoms in total. The summed E-state index contributed by atoms with van der Waals surface area (Å²) in [4.78, 5) is 7.84. The fourth-order valence-corrected chi connectivity index (χ4v) is 1.41. The predicted octanol–water partition coefficient (Wildman–Crippen LogP) is 1.05. The molecule has 0 aromatic carbocycles. The lowest BCUT2D eigenvalue weighted by molar-refractivity contribution is 0.672. The maximum atomic E-state index is 11.0. The summed E-state index contributed by atoms with van der Waals surface area (Å²) in [6.45, 7) is 2.77. The molecule has 0 aliphatic rings. The third kappa shape index (κ3) is 3.83. The van der Waals surface area contributed by atoms with Crippen molar-refractivity contribution in [3.8, 4) is 0 Å².